The van der Waals surface area contributed by atoms with Crippen LogP contribution in [0.25, 0.3) is 0 Å². The van der Waals surface area contributed by atoms with E-state index >= 15 is 0 Å². The zero-order valence-electron chi connectivity index (χ0n) is 19.9. The minimum absolute atomic E-state index is 0.124. The van der Waals surface area contributed by atoms with Crippen molar-refractivity contribution in [3.05, 3.63) is 69.0 Å². The molecule has 0 aliphatic carbocycles. The van der Waals surface area contributed by atoms with Crippen molar-refractivity contribution in [3.8, 4) is 5.75 Å². The van der Waals surface area contributed by atoms with E-state index in [1.807, 2.05) is 46.3 Å². The molecule has 0 bridgehead atoms. The molecule has 0 saturated carbocycles. The van der Waals surface area contributed by atoms with Gasteiger partial charge in [-0.25, -0.2) is 4.98 Å². The molecule has 3 N–H and O–H groups in total. The Bertz CT molecular complexity index is 1390. The second-order valence-electron chi connectivity index (χ2n) is 8.73. The third kappa shape index (κ3) is 5.12. The van der Waals surface area contributed by atoms with Gasteiger partial charge < -0.3 is 20.6 Å². The number of carbonyl (C=O) groups excluding carboxylic acids is 2. The Kier molecular flexibility index (Phi) is 6.75. The van der Waals surface area contributed by atoms with E-state index in [1.165, 1.54) is 17.5 Å². The van der Waals surface area contributed by atoms with Gasteiger partial charge in [-0.1, -0.05) is 23.5 Å². The topological polar surface area (TPSA) is 112 Å². The Morgan fingerprint density at radius 2 is 2.08 bits per heavy atom. The summed E-state index contributed by atoms with van der Waals surface area (Å²) in [5, 5.41) is 23.1. The van der Waals surface area contributed by atoms with Crippen molar-refractivity contribution in [2.75, 3.05) is 23.7 Å². The fourth-order valence-electron chi connectivity index (χ4n) is 4.22. The molecule has 0 spiro atoms. The molecule has 4 heterocycles. The van der Waals surface area contributed by atoms with Crippen LogP contribution in [0.2, 0.25) is 0 Å². The lowest BCUT2D eigenvalue weighted by molar-refractivity contribution is -0.129. The molecule has 3 aromatic heterocycles. The number of anilines is 3. The van der Waals surface area contributed by atoms with Crippen LogP contribution < -0.4 is 10.6 Å². The maximum absolute atomic E-state index is 12.8. The van der Waals surface area contributed by atoms with Crippen LogP contribution in [0.1, 0.15) is 38.1 Å². The highest BCUT2D eigenvalue weighted by Gasteiger charge is 2.28. The van der Waals surface area contributed by atoms with E-state index in [-0.39, 0.29) is 23.6 Å². The van der Waals surface area contributed by atoms with E-state index in [1.54, 1.807) is 30.4 Å². The van der Waals surface area contributed by atoms with Gasteiger partial charge in [0, 0.05) is 35.8 Å². The number of nitrogens with one attached hydrogen (secondary N) is 2. The number of nitrogens with zero attached hydrogens (tertiary/aromatic N) is 4. The maximum atomic E-state index is 12.8. The summed E-state index contributed by atoms with van der Waals surface area (Å²) in [5.41, 5.74) is 2.09. The molecule has 4 aromatic rings. The Hall–Kier alpha value is -3.70. The Morgan fingerprint density at radius 3 is 2.89 bits per heavy atom. The molecular weight excluding hydrogens is 496 g/mol. The molecule has 2 amide bonds. The lowest BCUT2D eigenvalue weighted by Crippen LogP contribution is -2.30. The summed E-state index contributed by atoms with van der Waals surface area (Å²) in [7, 11) is 0. The highest BCUT2D eigenvalue weighted by molar-refractivity contribution is 7.17. The van der Waals surface area contributed by atoms with Gasteiger partial charge in [0.15, 0.2) is 10.9 Å². The van der Waals surface area contributed by atoms with Crippen LogP contribution in [0.15, 0.2) is 48.1 Å². The molecule has 1 aromatic carbocycles. The molecule has 0 radical (unpaired) electrons. The fourth-order valence-corrected chi connectivity index (χ4v) is 5.63. The van der Waals surface area contributed by atoms with E-state index in [0.29, 0.717) is 40.0 Å². The first-order chi connectivity index (χ1) is 17.4. The predicted molar refractivity (Wildman–Crippen MR) is 141 cm³/mol. The van der Waals surface area contributed by atoms with Crippen molar-refractivity contribution in [1.82, 2.24) is 19.7 Å². The molecule has 9 nitrogen and oxygen atoms in total. The number of hydrogen-bond acceptors (Lipinski definition) is 8. The van der Waals surface area contributed by atoms with Gasteiger partial charge >= 0.3 is 0 Å². The molecule has 5 rings (SSSR count). The SMILES string of the molecule is Cc1ccc(O)c(C)c1NC(=O)c1cnc(Nc2ccn([C@@H]3CCN(C(=O)Cc4cccs4)C3)n2)s1. The van der Waals surface area contributed by atoms with Gasteiger partial charge in [0.25, 0.3) is 5.91 Å². The smallest absolute Gasteiger partial charge is 0.267 e. The highest BCUT2D eigenvalue weighted by Crippen LogP contribution is 2.30. The second-order valence-corrected chi connectivity index (χ2v) is 10.8. The Morgan fingerprint density at radius 1 is 1.22 bits per heavy atom. The van der Waals surface area contributed by atoms with Gasteiger partial charge in [-0.2, -0.15) is 5.10 Å². The number of aromatic hydroxyl groups is 1. The van der Waals surface area contributed by atoms with Crippen LogP contribution in [0.4, 0.5) is 16.6 Å². The average Bonchev–Trinajstić information content (AvgIpc) is 3.66. The molecule has 11 heteroatoms. The largest absolute Gasteiger partial charge is 0.508 e. The molecule has 0 unspecified atom stereocenters. The number of carbonyl (C=O) groups is 2. The Labute approximate surface area is 216 Å². The van der Waals surface area contributed by atoms with Crippen molar-refractivity contribution < 1.29 is 14.7 Å². The van der Waals surface area contributed by atoms with E-state index in [0.717, 1.165) is 23.4 Å². The lowest BCUT2D eigenvalue weighted by Gasteiger charge is -2.16. The molecule has 1 atom stereocenters. The molecule has 186 valence electrons. The quantitative estimate of drug-likeness (QED) is 0.323. The van der Waals surface area contributed by atoms with E-state index in [2.05, 4.69) is 20.7 Å². The zero-order chi connectivity index (χ0) is 25.2. The summed E-state index contributed by atoms with van der Waals surface area (Å²) < 4.78 is 1.88. The van der Waals surface area contributed by atoms with Crippen LogP contribution in [0.5, 0.6) is 5.75 Å². The van der Waals surface area contributed by atoms with Crippen LogP contribution >= 0.6 is 22.7 Å². The van der Waals surface area contributed by atoms with Gasteiger partial charge in [0.2, 0.25) is 5.91 Å². The van der Waals surface area contributed by atoms with E-state index in [9.17, 15) is 14.7 Å². The van der Waals surface area contributed by atoms with Crippen molar-refractivity contribution in [2.24, 2.45) is 0 Å². The van der Waals surface area contributed by atoms with Crippen LogP contribution in [-0.4, -0.2) is 49.7 Å². The summed E-state index contributed by atoms with van der Waals surface area (Å²) in [5.74, 6) is 0.617. The Balaban J connectivity index is 1.18. The number of rotatable bonds is 7. The van der Waals surface area contributed by atoms with Gasteiger partial charge in [-0.15, -0.1) is 11.3 Å². The predicted octanol–water partition coefficient (Wildman–Crippen LogP) is 4.74. The molecule has 1 saturated heterocycles. The summed E-state index contributed by atoms with van der Waals surface area (Å²) in [6, 6.07) is 9.31. The number of hydrogen-bond donors (Lipinski definition) is 3. The number of thiophene rings is 1. The lowest BCUT2D eigenvalue weighted by atomic mass is 10.1. The third-order valence-corrected chi connectivity index (χ3v) is 8.04. The molecule has 1 aliphatic heterocycles. The van der Waals surface area contributed by atoms with Crippen LogP contribution in [-0.2, 0) is 11.2 Å². The number of amides is 2. The van der Waals surface area contributed by atoms with E-state index < -0.39 is 0 Å². The molecular formula is C25H26N6O3S2. The molecule has 1 aliphatic rings. The molecule has 1 fully saturated rings. The van der Waals surface area contributed by atoms with Gasteiger partial charge in [-0.05, 0) is 43.3 Å². The number of thiazole rings is 1. The fraction of sp³-hybridized carbons (Fsp3) is 0.280. The first kappa shape index (κ1) is 24.0. The zero-order valence-corrected chi connectivity index (χ0v) is 21.5. The number of aromatic nitrogens is 3. The van der Waals surface area contributed by atoms with Crippen molar-refractivity contribution in [3.63, 3.8) is 0 Å². The minimum atomic E-state index is -0.291. The van der Waals surface area contributed by atoms with Gasteiger partial charge in [-0.3, -0.25) is 14.3 Å². The van der Waals surface area contributed by atoms with Gasteiger partial charge in [0.05, 0.1) is 24.3 Å². The van der Waals surface area contributed by atoms with Crippen LogP contribution in [0, 0.1) is 13.8 Å². The van der Waals surface area contributed by atoms with Crippen LogP contribution in [0.3, 0.4) is 0 Å². The number of aryl methyl sites for hydroxylation is 1. The van der Waals surface area contributed by atoms with Crippen molar-refractivity contribution >= 4 is 51.1 Å². The molecule has 36 heavy (non-hydrogen) atoms. The average molecular weight is 523 g/mol. The first-order valence-electron chi connectivity index (χ1n) is 11.6. The number of likely N-dealkylation sites (tertiary alicyclic amines) is 1. The summed E-state index contributed by atoms with van der Waals surface area (Å²) >= 11 is 2.82. The second kappa shape index (κ2) is 10.1. The van der Waals surface area contributed by atoms with E-state index in [4.69, 9.17) is 0 Å². The third-order valence-electron chi connectivity index (χ3n) is 6.25. The maximum Gasteiger partial charge on any atom is 0.267 e. The normalized spacial score (nSPS) is 15.3. The van der Waals surface area contributed by atoms with Crippen molar-refractivity contribution in [1.29, 1.82) is 0 Å². The highest BCUT2D eigenvalue weighted by atomic mass is 32.1. The van der Waals surface area contributed by atoms with Crippen molar-refractivity contribution in [2.45, 2.75) is 32.7 Å². The summed E-state index contributed by atoms with van der Waals surface area (Å²) in [6.45, 7) is 5.00. The summed E-state index contributed by atoms with van der Waals surface area (Å²) in [4.78, 5) is 33.1. The van der Waals surface area contributed by atoms with Gasteiger partial charge in [0.1, 0.15) is 10.6 Å². The summed E-state index contributed by atoms with van der Waals surface area (Å²) in [6.07, 6.45) is 4.71. The number of phenols is 1. The standard InChI is InChI=1S/C25H26N6O3S2/c1-15-5-6-19(32)16(2)23(15)28-24(34)20-13-26-25(36-20)27-21-8-10-31(29-21)17-7-9-30(14-17)22(33)12-18-4-3-11-35-18/h3-6,8,10-11,13,17,32H,7,9,12,14H2,1-2H3,(H,28,34)(H,26,27,29)/t17-/m1/s1. The minimum Gasteiger partial charge on any atom is -0.508 e. The number of phenolic OH excluding ortho intramolecular Hbond substituents is 1. The monoisotopic (exact) mass is 522 g/mol. The first-order valence-corrected chi connectivity index (χ1v) is 13.3. The number of benzene rings is 1.